The van der Waals surface area contributed by atoms with Crippen LogP contribution in [0.2, 0.25) is 0 Å². The van der Waals surface area contributed by atoms with Crippen LogP contribution in [0.15, 0.2) is 12.1 Å². The number of nitrogens with one attached hydrogen (secondary N) is 1. The van der Waals surface area contributed by atoms with Gasteiger partial charge >= 0.3 is 12.3 Å². The number of nitrogens with zero attached hydrogens (tertiary/aromatic N) is 1. The molecule has 0 aliphatic carbocycles. The van der Waals surface area contributed by atoms with Crippen LogP contribution in [0.25, 0.3) is 0 Å². The van der Waals surface area contributed by atoms with Gasteiger partial charge in [-0.05, 0) is 38.5 Å². The van der Waals surface area contributed by atoms with Crippen LogP contribution < -0.4 is 10.2 Å². The summed E-state index contributed by atoms with van der Waals surface area (Å²) in [5.74, 6) is 0.0376. The van der Waals surface area contributed by atoms with Gasteiger partial charge in [-0.3, -0.25) is 5.32 Å². The van der Waals surface area contributed by atoms with Crippen LogP contribution >= 0.6 is 12.6 Å². The van der Waals surface area contributed by atoms with Crippen molar-refractivity contribution in [1.29, 1.82) is 0 Å². The maximum atomic E-state index is 13.0. The Morgan fingerprint density at radius 3 is 2.22 bits per heavy atom. The molecule has 0 fully saturated rings. The molecule has 0 bridgehead atoms. The summed E-state index contributed by atoms with van der Waals surface area (Å²) in [6.45, 7) is 5.10. The van der Waals surface area contributed by atoms with Crippen molar-refractivity contribution in [2.45, 2.75) is 38.3 Å². The molecule has 1 aromatic rings. The number of rotatable bonds is 3. The molecule has 23 heavy (non-hydrogen) atoms. The third-order valence-electron chi connectivity index (χ3n) is 2.80. The Hall–Kier alpha value is -1.57. The Morgan fingerprint density at radius 1 is 1.26 bits per heavy atom. The van der Waals surface area contributed by atoms with E-state index in [2.05, 4.69) is 17.9 Å². The van der Waals surface area contributed by atoms with E-state index >= 15 is 0 Å². The summed E-state index contributed by atoms with van der Waals surface area (Å²) >= 11 is 4.07. The number of carbonyl (C=O) groups excluding carboxylic acids is 1. The van der Waals surface area contributed by atoms with E-state index in [0.29, 0.717) is 0 Å². The first-order valence-corrected chi connectivity index (χ1v) is 7.50. The van der Waals surface area contributed by atoms with E-state index < -0.39 is 23.4 Å². The quantitative estimate of drug-likeness (QED) is 0.786. The molecule has 1 amide bonds. The second-order valence-corrected chi connectivity index (χ2v) is 6.52. The fraction of sp³-hybridized carbons (Fsp3) is 0.533. The number of hydrogen-bond donors (Lipinski definition) is 2. The number of anilines is 2. The first-order valence-electron chi connectivity index (χ1n) is 6.87. The molecule has 0 heterocycles. The second-order valence-electron chi connectivity index (χ2n) is 6.21. The predicted molar refractivity (Wildman–Crippen MR) is 88.3 cm³/mol. The topological polar surface area (TPSA) is 41.6 Å². The highest BCUT2D eigenvalue weighted by Gasteiger charge is 2.33. The highest BCUT2D eigenvalue weighted by Crippen LogP contribution is 2.38. The Balaban J connectivity index is 3.32. The van der Waals surface area contributed by atoms with E-state index in [0.717, 1.165) is 12.1 Å². The van der Waals surface area contributed by atoms with Gasteiger partial charge < -0.3 is 9.64 Å². The summed E-state index contributed by atoms with van der Waals surface area (Å²) in [5.41, 5.74) is -0.755. The van der Waals surface area contributed by atoms with E-state index in [1.165, 1.54) is 4.90 Å². The van der Waals surface area contributed by atoms with Crippen molar-refractivity contribution in [3.05, 3.63) is 23.3 Å². The van der Waals surface area contributed by atoms with E-state index in [4.69, 9.17) is 4.74 Å². The summed E-state index contributed by atoms with van der Waals surface area (Å²) in [6, 6.07) is 1.96. The van der Waals surface area contributed by atoms with Gasteiger partial charge in [0.25, 0.3) is 0 Å². The molecule has 0 aromatic heterocycles. The SMILES string of the molecule is CN(C)c1cc(C(F)(F)F)cc(CS)c1NC(=O)OC(C)(C)C. The van der Waals surface area contributed by atoms with Crippen LogP contribution in [-0.4, -0.2) is 25.8 Å². The van der Waals surface area contributed by atoms with Crippen molar-refractivity contribution in [3.8, 4) is 0 Å². The van der Waals surface area contributed by atoms with Crippen LogP contribution in [0, 0.1) is 0 Å². The largest absolute Gasteiger partial charge is 0.444 e. The number of halogens is 3. The fourth-order valence-corrected chi connectivity index (χ4v) is 2.13. The molecule has 1 N–H and O–H groups in total. The summed E-state index contributed by atoms with van der Waals surface area (Å²) < 4.78 is 44.2. The van der Waals surface area contributed by atoms with Gasteiger partial charge in [0.05, 0.1) is 16.9 Å². The zero-order chi connectivity index (χ0) is 18.0. The van der Waals surface area contributed by atoms with Crippen LogP contribution in [-0.2, 0) is 16.7 Å². The number of amides is 1. The Morgan fingerprint density at radius 2 is 1.83 bits per heavy atom. The molecule has 0 aliphatic rings. The van der Waals surface area contributed by atoms with E-state index in [1.54, 1.807) is 34.9 Å². The number of ether oxygens (including phenoxy) is 1. The van der Waals surface area contributed by atoms with Crippen LogP contribution in [0.3, 0.4) is 0 Å². The Bertz CT molecular complexity index is 581. The maximum Gasteiger partial charge on any atom is 0.416 e. The molecule has 1 aromatic carbocycles. The number of alkyl halides is 3. The van der Waals surface area contributed by atoms with Crippen LogP contribution in [0.5, 0.6) is 0 Å². The minimum atomic E-state index is -4.48. The molecule has 8 heteroatoms. The number of hydrogen-bond acceptors (Lipinski definition) is 4. The van der Waals surface area contributed by atoms with Gasteiger partial charge in [0.1, 0.15) is 5.60 Å². The molecule has 130 valence electrons. The zero-order valence-electron chi connectivity index (χ0n) is 13.7. The zero-order valence-corrected chi connectivity index (χ0v) is 14.6. The van der Waals surface area contributed by atoms with Crippen molar-refractivity contribution in [2.24, 2.45) is 0 Å². The minimum absolute atomic E-state index is 0.0376. The normalized spacial score (nSPS) is 12.0. The molecule has 0 saturated heterocycles. The molecular formula is C15H21F3N2O2S. The molecule has 0 atom stereocenters. The highest BCUT2D eigenvalue weighted by molar-refractivity contribution is 7.79. The number of carbonyl (C=O) groups is 1. The Labute approximate surface area is 139 Å². The van der Waals surface area contributed by atoms with Gasteiger partial charge in [-0.1, -0.05) is 0 Å². The van der Waals surface area contributed by atoms with Crippen molar-refractivity contribution in [1.82, 2.24) is 0 Å². The van der Waals surface area contributed by atoms with Crippen LogP contribution in [0.1, 0.15) is 31.9 Å². The summed E-state index contributed by atoms with van der Waals surface area (Å²) in [4.78, 5) is 13.4. The third-order valence-corrected chi connectivity index (χ3v) is 3.15. The molecule has 0 spiro atoms. The van der Waals surface area contributed by atoms with Crippen molar-refractivity contribution < 1.29 is 22.7 Å². The van der Waals surface area contributed by atoms with Gasteiger partial charge in [0, 0.05) is 19.8 Å². The maximum absolute atomic E-state index is 13.0. The monoisotopic (exact) mass is 350 g/mol. The van der Waals surface area contributed by atoms with Crippen molar-refractivity contribution in [2.75, 3.05) is 24.3 Å². The lowest BCUT2D eigenvalue weighted by atomic mass is 10.1. The van der Waals surface area contributed by atoms with E-state index in [1.807, 2.05) is 0 Å². The molecule has 1 rings (SSSR count). The summed E-state index contributed by atoms with van der Waals surface area (Å²) in [6.07, 6.45) is -5.21. The molecular weight excluding hydrogens is 329 g/mol. The van der Waals surface area contributed by atoms with E-state index in [-0.39, 0.29) is 22.7 Å². The van der Waals surface area contributed by atoms with Gasteiger partial charge in [0.15, 0.2) is 0 Å². The number of thiol groups is 1. The first kappa shape index (κ1) is 19.5. The standard InChI is InChI=1S/C15H21F3N2O2S/c1-14(2,3)22-13(21)19-12-9(8-23)6-10(15(16,17)18)7-11(12)20(4)5/h6-7,23H,8H2,1-5H3,(H,19,21). The molecule has 0 unspecified atom stereocenters. The van der Waals surface area contributed by atoms with Crippen molar-refractivity contribution in [3.63, 3.8) is 0 Å². The van der Waals surface area contributed by atoms with Gasteiger partial charge in [-0.25, -0.2) is 4.79 Å². The lowest BCUT2D eigenvalue weighted by molar-refractivity contribution is -0.137. The summed E-state index contributed by atoms with van der Waals surface area (Å²) in [5, 5.41) is 2.53. The minimum Gasteiger partial charge on any atom is -0.444 e. The molecule has 0 saturated carbocycles. The first-order chi connectivity index (χ1) is 10.3. The predicted octanol–water partition coefficient (Wildman–Crippen LogP) is 4.55. The van der Waals surface area contributed by atoms with Crippen LogP contribution in [0.4, 0.5) is 29.3 Å². The lowest BCUT2D eigenvalue weighted by Gasteiger charge is -2.25. The lowest BCUT2D eigenvalue weighted by Crippen LogP contribution is -2.28. The van der Waals surface area contributed by atoms with Gasteiger partial charge in [-0.2, -0.15) is 25.8 Å². The third kappa shape index (κ3) is 5.53. The highest BCUT2D eigenvalue weighted by atomic mass is 32.1. The molecule has 0 radical (unpaired) electrons. The number of benzene rings is 1. The van der Waals surface area contributed by atoms with Crippen molar-refractivity contribution >= 4 is 30.1 Å². The fourth-order valence-electron chi connectivity index (χ4n) is 1.88. The Kier molecular flexibility index (Phi) is 5.84. The smallest absolute Gasteiger partial charge is 0.416 e. The van der Waals surface area contributed by atoms with Gasteiger partial charge in [-0.15, -0.1) is 0 Å². The summed E-state index contributed by atoms with van der Waals surface area (Å²) in [7, 11) is 3.19. The molecule has 0 aliphatic heterocycles. The van der Waals surface area contributed by atoms with Gasteiger partial charge in [0.2, 0.25) is 0 Å². The average Bonchev–Trinajstić information content (AvgIpc) is 2.34. The molecule has 4 nitrogen and oxygen atoms in total. The average molecular weight is 350 g/mol. The van der Waals surface area contributed by atoms with E-state index in [9.17, 15) is 18.0 Å². The second kappa shape index (κ2) is 6.90.